The van der Waals surface area contributed by atoms with Crippen molar-refractivity contribution in [1.29, 1.82) is 0 Å². The smallest absolute Gasteiger partial charge is 0.154 e. The Bertz CT molecular complexity index is 2530. The van der Waals surface area contributed by atoms with Gasteiger partial charge in [-0.25, -0.2) is 9.97 Å². The second-order valence-corrected chi connectivity index (χ2v) is 11.3. The summed E-state index contributed by atoms with van der Waals surface area (Å²) in [7, 11) is 0. The van der Waals surface area contributed by atoms with Crippen molar-refractivity contribution in [1.82, 2.24) is 19.5 Å². The minimum Gasteiger partial charge on any atom is -0.507 e. The van der Waals surface area contributed by atoms with Crippen LogP contribution in [0.5, 0.6) is 5.75 Å². The molecule has 1 N–H and O–H groups in total. The number of fused-ring (bicyclic) bond motifs is 4. The number of phenols is 1. The Balaban J connectivity index is 0.00000336. The fourth-order valence-corrected chi connectivity index (χ4v) is 6.40. The monoisotopic (exact) mass is 800 g/mol. The quantitative estimate of drug-likeness (QED) is 0.176. The first-order valence-electron chi connectivity index (χ1n) is 15.3. The van der Waals surface area contributed by atoms with Gasteiger partial charge in [0.25, 0.3) is 0 Å². The van der Waals surface area contributed by atoms with Crippen LogP contribution < -0.4 is 0 Å². The second kappa shape index (κ2) is 12.1. The zero-order chi connectivity index (χ0) is 31.3. The molecule has 232 valence electrons. The Morgan fingerprint density at radius 3 is 2.06 bits per heavy atom. The third-order valence-corrected chi connectivity index (χ3v) is 8.53. The normalized spacial score (nSPS) is 11.2. The molecule has 0 fully saturated rings. The second-order valence-electron chi connectivity index (χ2n) is 11.3. The van der Waals surface area contributed by atoms with E-state index in [0.29, 0.717) is 33.5 Å². The molecule has 0 saturated carbocycles. The average Bonchev–Trinajstić information content (AvgIpc) is 3.74. The van der Waals surface area contributed by atoms with Gasteiger partial charge in [0.2, 0.25) is 0 Å². The van der Waals surface area contributed by atoms with Gasteiger partial charge in [-0.15, -0.1) is 17.5 Å². The van der Waals surface area contributed by atoms with Crippen molar-refractivity contribution in [2.75, 3.05) is 0 Å². The predicted octanol–water partition coefficient (Wildman–Crippen LogP) is 9.89. The van der Waals surface area contributed by atoms with E-state index in [2.05, 4.69) is 94.6 Å². The molecule has 9 aromatic rings. The summed E-state index contributed by atoms with van der Waals surface area (Å²) in [5.41, 5.74) is 10.1. The molecule has 5 aromatic carbocycles. The predicted molar refractivity (Wildman–Crippen MR) is 186 cm³/mol. The summed E-state index contributed by atoms with van der Waals surface area (Å²) in [5.74, 6) is 0.859. The van der Waals surface area contributed by atoms with Crippen LogP contribution in [0.3, 0.4) is 0 Å². The van der Waals surface area contributed by atoms with Crippen molar-refractivity contribution >= 4 is 33.0 Å². The Labute approximate surface area is 290 Å². The van der Waals surface area contributed by atoms with Gasteiger partial charge >= 0.3 is 0 Å². The van der Waals surface area contributed by atoms with Crippen molar-refractivity contribution in [3.8, 4) is 56.5 Å². The Morgan fingerprint density at radius 2 is 1.31 bits per heavy atom. The van der Waals surface area contributed by atoms with Gasteiger partial charge in [0.05, 0.1) is 16.8 Å². The minimum absolute atomic E-state index is 0. The summed E-state index contributed by atoms with van der Waals surface area (Å²) in [6.45, 7) is 0. The van der Waals surface area contributed by atoms with Crippen molar-refractivity contribution < 1.29 is 30.6 Å². The van der Waals surface area contributed by atoms with E-state index in [1.165, 1.54) is 0 Å². The van der Waals surface area contributed by atoms with E-state index in [-0.39, 0.29) is 26.8 Å². The van der Waals surface area contributed by atoms with Crippen LogP contribution in [0.2, 0.25) is 0 Å². The summed E-state index contributed by atoms with van der Waals surface area (Å²) in [6.07, 6.45) is 3.81. The van der Waals surface area contributed by atoms with Gasteiger partial charge in [-0.05, 0) is 40.9 Å². The van der Waals surface area contributed by atoms with Gasteiger partial charge in [0, 0.05) is 38.4 Å². The first-order chi connectivity index (χ1) is 23.2. The third kappa shape index (κ3) is 4.90. The van der Waals surface area contributed by atoms with E-state index < -0.39 is 0 Å². The van der Waals surface area contributed by atoms with Crippen LogP contribution in [0.1, 0.15) is 0 Å². The van der Waals surface area contributed by atoms with Crippen molar-refractivity contribution in [3.63, 3.8) is 0 Å². The largest absolute Gasteiger partial charge is 0.507 e. The SMILES string of the molecule is Oc1cccc2oc3ccc(-c4cn(-c5c(-c6ccccc6)cccc5-c5ccccc5)c(-c5cccc6ncc[c-]c56)n4)nc3c12.[Pt]. The van der Waals surface area contributed by atoms with Crippen LogP contribution in [0.15, 0.2) is 150 Å². The number of hydrogen-bond donors (Lipinski definition) is 1. The maximum atomic E-state index is 10.7. The van der Waals surface area contributed by atoms with E-state index in [9.17, 15) is 5.11 Å². The number of hydrogen-bond acceptors (Lipinski definition) is 5. The molecule has 6 nitrogen and oxygen atoms in total. The number of nitrogens with zero attached hydrogens (tertiary/aromatic N) is 4. The van der Waals surface area contributed by atoms with E-state index in [1.807, 2.05) is 48.5 Å². The number of aromatic hydroxyl groups is 1. The molecule has 0 aliphatic heterocycles. The molecule has 0 aliphatic rings. The average molecular weight is 801 g/mol. The Morgan fingerprint density at radius 1 is 0.625 bits per heavy atom. The van der Waals surface area contributed by atoms with Gasteiger partial charge in [-0.1, -0.05) is 115 Å². The first kappa shape index (κ1) is 29.6. The molecule has 0 unspecified atom stereocenters. The van der Waals surface area contributed by atoms with Crippen LogP contribution in [-0.4, -0.2) is 24.6 Å². The van der Waals surface area contributed by atoms with E-state index in [0.717, 1.165) is 50.2 Å². The third-order valence-electron chi connectivity index (χ3n) is 8.53. The minimum atomic E-state index is 0. The summed E-state index contributed by atoms with van der Waals surface area (Å²) < 4.78 is 8.18. The van der Waals surface area contributed by atoms with Crippen LogP contribution in [0.4, 0.5) is 0 Å². The number of pyridine rings is 2. The molecular formula is C41H25N4O2Pt-. The Kier molecular flexibility index (Phi) is 7.43. The maximum absolute atomic E-state index is 10.7. The van der Waals surface area contributed by atoms with Crippen molar-refractivity contribution in [2.24, 2.45) is 0 Å². The standard InChI is InChI=1S/C41H25N4O2.Pt/c46-35-20-9-21-36-38(35)39-37(47-36)23-22-33(43-39)34-25-45(41(44-34)31-17-8-19-32-30(31)18-10-24-42-32)40-28(26-11-3-1-4-12-26)15-7-16-29(40)27-13-5-2-6-14-27;/h1-17,19-25,46H;/q-1;. The Hall–Kier alpha value is -5.84. The summed E-state index contributed by atoms with van der Waals surface area (Å²) in [5, 5.41) is 12.2. The van der Waals surface area contributed by atoms with Crippen molar-refractivity contribution in [2.45, 2.75) is 0 Å². The summed E-state index contributed by atoms with van der Waals surface area (Å²) in [4.78, 5) is 14.9. The van der Waals surface area contributed by atoms with Crippen LogP contribution >= 0.6 is 0 Å². The van der Waals surface area contributed by atoms with Gasteiger partial charge in [-0.3, -0.25) is 0 Å². The van der Waals surface area contributed by atoms with Crippen LogP contribution in [0.25, 0.3) is 83.7 Å². The summed E-state index contributed by atoms with van der Waals surface area (Å²) >= 11 is 0. The molecule has 0 bridgehead atoms. The maximum Gasteiger partial charge on any atom is 0.154 e. The van der Waals surface area contributed by atoms with Gasteiger partial charge in [-0.2, -0.15) is 0 Å². The number of imidazole rings is 1. The van der Waals surface area contributed by atoms with Crippen molar-refractivity contribution in [3.05, 3.63) is 152 Å². The first-order valence-corrected chi connectivity index (χ1v) is 15.3. The molecule has 4 heterocycles. The van der Waals surface area contributed by atoms with Crippen LogP contribution in [0, 0.1) is 6.07 Å². The molecular weight excluding hydrogens is 776 g/mol. The number of benzene rings is 5. The number of aromatic nitrogens is 4. The zero-order valence-electron chi connectivity index (χ0n) is 25.3. The molecule has 4 aromatic heterocycles. The summed E-state index contributed by atoms with van der Waals surface area (Å²) in [6, 6.07) is 47.6. The number of para-hydroxylation sites is 1. The number of phenolic OH excluding ortho intramolecular Hbond substituents is 1. The molecule has 0 atom stereocenters. The van der Waals surface area contributed by atoms with Gasteiger partial charge < -0.3 is 19.1 Å². The molecule has 48 heavy (non-hydrogen) atoms. The van der Waals surface area contributed by atoms with Gasteiger partial charge in [0.1, 0.15) is 28.4 Å². The van der Waals surface area contributed by atoms with E-state index in [4.69, 9.17) is 14.4 Å². The fraction of sp³-hybridized carbons (Fsp3) is 0. The zero-order valence-corrected chi connectivity index (χ0v) is 27.6. The molecule has 9 rings (SSSR count). The molecule has 0 amide bonds. The fourth-order valence-electron chi connectivity index (χ4n) is 6.40. The molecule has 0 radical (unpaired) electrons. The van der Waals surface area contributed by atoms with Gasteiger partial charge in [0.15, 0.2) is 5.58 Å². The van der Waals surface area contributed by atoms with Crippen LogP contribution in [-0.2, 0) is 21.1 Å². The number of furan rings is 1. The molecule has 0 saturated heterocycles. The molecule has 7 heteroatoms. The van der Waals surface area contributed by atoms with E-state index in [1.54, 1.807) is 18.3 Å². The topological polar surface area (TPSA) is 77.0 Å². The molecule has 0 spiro atoms. The number of rotatable bonds is 5. The molecule has 0 aliphatic carbocycles. The van der Waals surface area contributed by atoms with E-state index >= 15 is 0 Å².